The number of aliphatic hydroxyl groups excluding tert-OH is 1. The zero-order valence-electron chi connectivity index (χ0n) is 11.9. The molecule has 1 saturated heterocycles. The number of nitrogen functional groups attached to an aromatic ring is 1. The lowest BCUT2D eigenvalue weighted by Gasteiger charge is -2.31. The molecular formula is C12H20N6O3. The minimum absolute atomic E-state index is 0.0870. The molecule has 0 bridgehead atoms. The molecule has 0 radical (unpaired) electrons. The largest absolute Gasteiger partial charge is 0.395 e. The molecule has 0 amide bonds. The molecule has 2 rings (SSSR count). The van der Waals surface area contributed by atoms with Gasteiger partial charge < -0.3 is 21.1 Å². The van der Waals surface area contributed by atoms with Crippen LogP contribution >= 0.6 is 0 Å². The molecule has 1 atom stereocenters. The van der Waals surface area contributed by atoms with Gasteiger partial charge in [0.05, 0.1) is 11.5 Å². The van der Waals surface area contributed by atoms with Crippen molar-refractivity contribution in [2.24, 2.45) is 5.92 Å². The van der Waals surface area contributed by atoms with Crippen LogP contribution in [0.2, 0.25) is 0 Å². The molecule has 0 aliphatic carbocycles. The summed E-state index contributed by atoms with van der Waals surface area (Å²) >= 11 is 0. The van der Waals surface area contributed by atoms with E-state index >= 15 is 0 Å². The summed E-state index contributed by atoms with van der Waals surface area (Å²) in [6.45, 7) is 3.69. The van der Waals surface area contributed by atoms with Crippen molar-refractivity contribution in [1.82, 2.24) is 9.97 Å². The van der Waals surface area contributed by atoms with Gasteiger partial charge in [-0.1, -0.05) is 6.92 Å². The van der Waals surface area contributed by atoms with Gasteiger partial charge in [0.2, 0.25) is 17.6 Å². The lowest BCUT2D eigenvalue weighted by Crippen LogP contribution is -2.35. The van der Waals surface area contributed by atoms with E-state index in [0.29, 0.717) is 19.0 Å². The van der Waals surface area contributed by atoms with Crippen LogP contribution in [-0.4, -0.2) is 46.2 Å². The molecule has 116 valence electrons. The third kappa shape index (κ3) is 3.48. The zero-order valence-corrected chi connectivity index (χ0v) is 11.9. The summed E-state index contributed by atoms with van der Waals surface area (Å²) < 4.78 is 0. The first-order valence-corrected chi connectivity index (χ1v) is 6.94. The van der Waals surface area contributed by atoms with E-state index in [1.165, 1.54) is 0 Å². The summed E-state index contributed by atoms with van der Waals surface area (Å²) in [7, 11) is 0. The number of nitrogens with one attached hydrogen (secondary N) is 1. The maximum absolute atomic E-state index is 11.3. The molecule has 0 saturated carbocycles. The second kappa shape index (κ2) is 6.53. The molecule has 1 fully saturated rings. The summed E-state index contributed by atoms with van der Waals surface area (Å²) in [4.78, 5) is 20.7. The highest BCUT2D eigenvalue weighted by Crippen LogP contribution is 2.34. The second-order valence-electron chi connectivity index (χ2n) is 5.21. The number of nitro groups is 1. The van der Waals surface area contributed by atoms with Gasteiger partial charge >= 0.3 is 5.69 Å². The summed E-state index contributed by atoms with van der Waals surface area (Å²) in [5.41, 5.74) is 5.46. The van der Waals surface area contributed by atoms with E-state index < -0.39 is 4.92 Å². The molecule has 0 aromatic carbocycles. The van der Waals surface area contributed by atoms with Gasteiger partial charge in [-0.05, 0) is 18.8 Å². The predicted octanol–water partition coefficient (Wildman–Crippen LogP) is 0.608. The van der Waals surface area contributed by atoms with E-state index in [-0.39, 0.29) is 36.4 Å². The standard InChI is InChI=1S/C12H20N6O3/c1-8-3-2-5-17(7-8)11-9(18(20)21)10(13)15-12(16-11)14-4-6-19/h8,19H,2-7H2,1H3,(H3,13,14,15,16)/t8-/m1/s1. The molecular weight excluding hydrogens is 276 g/mol. The Balaban J connectivity index is 2.39. The smallest absolute Gasteiger partial charge is 0.353 e. The fourth-order valence-corrected chi connectivity index (χ4v) is 2.48. The number of rotatable bonds is 5. The number of piperidine rings is 1. The van der Waals surface area contributed by atoms with Crippen molar-refractivity contribution in [3.05, 3.63) is 10.1 Å². The molecule has 9 heteroatoms. The van der Waals surface area contributed by atoms with Gasteiger partial charge in [-0.25, -0.2) is 0 Å². The number of nitrogens with zero attached hydrogens (tertiary/aromatic N) is 4. The van der Waals surface area contributed by atoms with Crippen LogP contribution in [0.5, 0.6) is 0 Å². The lowest BCUT2D eigenvalue weighted by molar-refractivity contribution is -0.383. The van der Waals surface area contributed by atoms with Crippen molar-refractivity contribution < 1.29 is 10.0 Å². The Morgan fingerprint density at radius 3 is 2.95 bits per heavy atom. The Morgan fingerprint density at radius 2 is 2.33 bits per heavy atom. The van der Waals surface area contributed by atoms with Crippen LogP contribution in [0.4, 0.5) is 23.3 Å². The molecule has 9 nitrogen and oxygen atoms in total. The second-order valence-corrected chi connectivity index (χ2v) is 5.21. The van der Waals surface area contributed by atoms with Crippen LogP contribution < -0.4 is 16.0 Å². The van der Waals surface area contributed by atoms with Crippen molar-refractivity contribution in [3.63, 3.8) is 0 Å². The van der Waals surface area contributed by atoms with Crippen molar-refractivity contribution in [1.29, 1.82) is 0 Å². The first-order valence-electron chi connectivity index (χ1n) is 6.94. The average Bonchev–Trinajstić information content (AvgIpc) is 2.44. The predicted molar refractivity (Wildman–Crippen MR) is 79.3 cm³/mol. The summed E-state index contributed by atoms with van der Waals surface area (Å²) in [6, 6.07) is 0. The topological polar surface area (TPSA) is 130 Å². The van der Waals surface area contributed by atoms with E-state index in [0.717, 1.165) is 12.8 Å². The SMILES string of the molecule is C[C@@H]1CCCN(c2nc(NCCO)nc(N)c2[N+](=O)[O-])C1. The van der Waals surface area contributed by atoms with Crippen molar-refractivity contribution in [2.45, 2.75) is 19.8 Å². The Kier molecular flexibility index (Phi) is 4.73. The van der Waals surface area contributed by atoms with Crippen LogP contribution in [0.15, 0.2) is 0 Å². The van der Waals surface area contributed by atoms with E-state index in [9.17, 15) is 10.1 Å². The lowest BCUT2D eigenvalue weighted by atomic mass is 10.0. The summed E-state index contributed by atoms with van der Waals surface area (Å²) in [6.07, 6.45) is 2.06. The Labute approximate surface area is 122 Å². The number of aliphatic hydroxyl groups is 1. The fourth-order valence-electron chi connectivity index (χ4n) is 2.48. The highest BCUT2D eigenvalue weighted by atomic mass is 16.6. The Bertz CT molecular complexity index is 524. The van der Waals surface area contributed by atoms with Crippen molar-refractivity contribution in [3.8, 4) is 0 Å². The molecule has 1 aliphatic rings. The van der Waals surface area contributed by atoms with E-state index in [1.54, 1.807) is 0 Å². The third-order valence-electron chi connectivity index (χ3n) is 3.43. The molecule has 2 heterocycles. The molecule has 0 unspecified atom stereocenters. The first-order chi connectivity index (χ1) is 10.0. The fraction of sp³-hybridized carbons (Fsp3) is 0.667. The number of nitrogens with two attached hydrogens (primary N) is 1. The number of aromatic nitrogens is 2. The van der Waals surface area contributed by atoms with Gasteiger partial charge in [0.1, 0.15) is 0 Å². The molecule has 1 aromatic heterocycles. The molecule has 4 N–H and O–H groups in total. The average molecular weight is 296 g/mol. The van der Waals surface area contributed by atoms with Gasteiger partial charge in [-0.2, -0.15) is 9.97 Å². The van der Waals surface area contributed by atoms with E-state index in [2.05, 4.69) is 22.2 Å². The van der Waals surface area contributed by atoms with Crippen LogP contribution in [0.3, 0.4) is 0 Å². The quantitative estimate of drug-likeness (QED) is 0.532. The zero-order chi connectivity index (χ0) is 15.4. The molecule has 21 heavy (non-hydrogen) atoms. The number of anilines is 3. The number of hydrogen-bond acceptors (Lipinski definition) is 8. The van der Waals surface area contributed by atoms with Crippen LogP contribution in [-0.2, 0) is 0 Å². The van der Waals surface area contributed by atoms with E-state index in [4.69, 9.17) is 10.8 Å². The van der Waals surface area contributed by atoms with Gasteiger partial charge in [-0.15, -0.1) is 0 Å². The Hall–Kier alpha value is -2.16. The summed E-state index contributed by atoms with van der Waals surface area (Å²) in [5, 5.41) is 22.9. The van der Waals surface area contributed by atoms with Crippen LogP contribution in [0.1, 0.15) is 19.8 Å². The summed E-state index contributed by atoms with van der Waals surface area (Å²) in [5.74, 6) is 0.729. The van der Waals surface area contributed by atoms with Gasteiger partial charge in [0.15, 0.2) is 0 Å². The minimum Gasteiger partial charge on any atom is -0.395 e. The van der Waals surface area contributed by atoms with E-state index in [1.807, 2.05) is 4.90 Å². The normalized spacial score (nSPS) is 18.6. The Morgan fingerprint density at radius 1 is 1.57 bits per heavy atom. The first kappa shape index (κ1) is 15.2. The molecule has 1 aromatic rings. The van der Waals surface area contributed by atoms with Gasteiger partial charge in [-0.3, -0.25) is 10.1 Å². The monoisotopic (exact) mass is 296 g/mol. The minimum atomic E-state index is -0.542. The highest BCUT2D eigenvalue weighted by molar-refractivity contribution is 5.71. The van der Waals surface area contributed by atoms with Crippen molar-refractivity contribution >= 4 is 23.3 Å². The van der Waals surface area contributed by atoms with Gasteiger partial charge in [0, 0.05) is 19.6 Å². The maximum atomic E-state index is 11.3. The molecule has 1 aliphatic heterocycles. The van der Waals surface area contributed by atoms with Crippen molar-refractivity contribution in [2.75, 3.05) is 42.2 Å². The van der Waals surface area contributed by atoms with Crippen LogP contribution in [0.25, 0.3) is 0 Å². The number of hydrogen-bond donors (Lipinski definition) is 3. The maximum Gasteiger partial charge on any atom is 0.353 e. The molecule has 0 spiro atoms. The van der Waals surface area contributed by atoms with Gasteiger partial charge in [0.25, 0.3) is 0 Å². The third-order valence-corrected chi connectivity index (χ3v) is 3.43. The van der Waals surface area contributed by atoms with Crippen LogP contribution in [0, 0.1) is 16.0 Å². The highest BCUT2D eigenvalue weighted by Gasteiger charge is 2.29.